The van der Waals surface area contributed by atoms with Gasteiger partial charge in [-0.05, 0) is 68.7 Å². The SMILES string of the molecule is Cc1cc(SC(C)C(=O)Nc2ccc(S(=O)(=O)N3CCCC3)cc2)nc2ccccc12. The summed E-state index contributed by atoms with van der Waals surface area (Å²) < 4.78 is 26.8. The van der Waals surface area contributed by atoms with Gasteiger partial charge in [-0.2, -0.15) is 4.31 Å². The van der Waals surface area contributed by atoms with Gasteiger partial charge in [-0.1, -0.05) is 30.0 Å². The molecule has 0 spiro atoms. The second-order valence-corrected chi connectivity index (χ2v) is 11.0. The fourth-order valence-corrected chi connectivity index (χ4v) is 6.09. The third kappa shape index (κ3) is 4.76. The molecule has 1 unspecified atom stereocenters. The van der Waals surface area contributed by atoms with Gasteiger partial charge in [0.1, 0.15) is 0 Å². The number of nitrogens with one attached hydrogen (secondary N) is 1. The van der Waals surface area contributed by atoms with E-state index in [1.165, 1.54) is 16.1 Å². The van der Waals surface area contributed by atoms with Gasteiger partial charge in [-0.15, -0.1) is 0 Å². The molecule has 31 heavy (non-hydrogen) atoms. The molecule has 4 rings (SSSR count). The quantitative estimate of drug-likeness (QED) is 0.556. The minimum absolute atomic E-state index is 0.159. The molecule has 3 aromatic rings. The number of amides is 1. The van der Waals surface area contributed by atoms with Crippen molar-refractivity contribution in [3.05, 3.63) is 60.2 Å². The number of sulfonamides is 1. The predicted octanol–water partition coefficient (Wildman–Crippen LogP) is 4.45. The molecular formula is C23H25N3O3S2. The average Bonchev–Trinajstić information content (AvgIpc) is 3.30. The lowest BCUT2D eigenvalue weighted by atomic mass is 10.1. The molecule has 0 saturated carbocycles. The Hall–Kier alpha value is -2.42. The van der Waals surface area contributed by atoms with E-state index in [-0.39, 0.29) is 16.1 Å². The second-order valence-electron chi connectivity index (χ2n) is 7.68. The van der Waals surface area contributed by atoms with E-state index >= 15 is 0 Å². The van der Waals surface area contributed by atoms with E-state index in [0.717, 1.165) is 34.3 Å². The van der Waals surface area contributed by atoms with Crippen LogP contribution in [-0.4, -0.2) is 42.0 Å². The van der Waals surface area contributed by atoms with Crippen molar-refractivity contribution < 1.29 is 13.2 Å². The molecule has 1 aliphatic rings. The first kappa shape index (κ1) is 21.8. The number of nitrogens with zero attached hydrogens (tertiary/aromatic N) is 2. The van der Waals surface area contributed by atoms with Gasteiger partial charge in [0.05, 0.1) is 20.7 Å². The molecule has 0 bridgehead atoms. The summed E-state index contributed by atoms with van der Waals surface area (Å²) in [4.78, 5) is 17.6. The van der Waals surface area contributed by atoms with Crippen molar-refractivity contribution in [2.75, 3.05) is 18.4 Å². The zero-order valence-corrected chi connectivity index (χ0v) is 19.2. The third-order valence-electron chi connectivity index (χ3n) is 5.39. The van der Waals surface area contributed by atoms with Crippen molar-refractivity contribution in [3.8, 4) is 0 Å². The van der Waals surface area contributed by atoms with Crippen LogP contribution in [0.25, 0.3) is 10.9 Å². The van der Waals surface area contributed by atoms with Gasteiger partial charge in [-0.25, -0.2) is 13.4 Å². The first-order valence-electron chi connectivity index (χ1n) is 10.3. The van der Waals surface area contributed by atoms with Crippen molar-refractivity contribution in [3.63, 3.8) is 0 Å². The van der Waals surface area contributed by atoms with Crippen molar-refractivity contribution in [2.45, 2.75) is 41.9 Å². The van der Waals surface area contributed by atoms with Crippen molar-refractivity contribution in [1.29, 1.82) is 0 Å². The Balaban J connectivity index is 1.42. The number of hydrogen-bond acceptors (Lipinski definition) is 5. The van der Waals surface area contributed by atoms with Crippen LogP contribution in [0.3, 0.4) is 0 Å². The Morgan fingerprint density at radius 2 is 1.77 bits per heavy atom. The maximum atomic E-state index is 12.7. The fraction of sp³-hybridized carbons (Fsp3) is 0.304. The van der Waals surface area contributed by atoms with Crippen LogP contribution in [0.4, 0.5) is 5.69 Å². The van der Waals surface area contributed by atoms with Crippen LogP contribution in [0.5, 0.6) is 0 Å². The van der Waals surface area contributed by atoms with Crippen LogP contribution in [-0.2, 0) is 14.8 Å². The summed E-state index contributed by atoms with van der Waals surface area (Å²) >= 11 is 1.40. The fourth-order valence-electron chi connectivity index (χ4n) is 3.65. The molecule has 1 aromatic heterocycles. The topological polar surface area (TPSA) is 79.4 Å². The molecule has 1 fully saturated rings. The molecule has 1 aliphatic heterocycles. The lowest BCUT2D eigenvalue weighted by molar-refractivity contribution is -0.115. The maximum Gasteiger partial charge on any atom is 0.243 e. The predicted molar refractivity (Wildman–Crippen MR) is 125 cm³/mol. The number of para-hydroxylation sites is 1. The molecule has 162 valence electrons. The third-order valence-corrected chi connectivity index (χ3v) is 8.32. The summed E-state index contributed by atoms with van der Waals surface area (Å²) in [6.45, 7) is 5.00. The zero-order valence-electron chi connectivity index (χ0n) is 17.5. The number of anilines is 1. The Labute approximate surface area is 187 Å². The Morgan fingerprint density at radius 3 is 2.48 bits per heavy atom. The number of thioether (sulfide) groups is 1. The summed E-state index contributed by atoms with van der Waals surface area (Å²) in [6, 6.07) is 16.3. The van der Waals surface area contributed by atoms with Crippen LogP contribution in [0.1, 0.15) is 25.3 Å². The summed E-state index contributed by atoms with van der Waals surface area (Å²) in [6.07, 6.45) is 1.79. The molecule has 0 radical (unpaired) electrons. The molecular weight excluding hydrogens is 430 g/mol. The molecule has 2 heterocycles. The molecule has 2 aromatic carbocycles. The average molecular weight is 456 g/mol. The number of carbonyl (C=O) groups excluding carboxylic acids is 1. The van der Waals surface area contributed by atoms with Gasteiger partial charge in [0.2, 0.25) is 15.9 Å². The minimum Gasteiger partial charge on any atom is -0.325 e. The van der Waals surface area contributed by atoms with E-state index in [1.54, 1.807) is 24.3 Å². The van der Waals surface area contributed by atoms with Gasteiger partial charge >= 0.3 is 0 Å². The van der Waals surface area contributed by atoms with Gasteiger partial charge < -0.3 is 5.32 Å². The van der Waals surface area contributed by atoms with E-state index in [9.17, 15) is 13.2 Å². The number of carbonyl (C=O) groups is 1. The highest BCUT2D eigenvalue weighted by atomic mass is 32.2. The number of hydrogen-bond donors (Lipinski definition) is 1. The highest BCUT2D eigenvalue weighted by Gasteiger charge is 2.27. The van der Waals surface area contributed by atoms with E-state index < -0.39 is 10.0 Å². The van der Waals surface area contributed by atoms with Crippen molar-refractivity contribution >= 4 is 44.3 Å². The highest BCUT2D eigenvalue weighted by Crippen LogP contribution is 2.28. The van der Waals surface area contributed by atoms with Crippen LogP contribution in [0.2, 0.25) is 0 Å². The zero-order chi connectivity index (χ0) is 22.0. The van der Waals surface area contributed by atoms with Crippen molar-refractivity contribution in [2.24, 2.45) is 0 Å². The Kier molecular flexibility index (Phi) is 6.31. The molecule has 1 N–H and O–H groups in total. The number of aryl methyl sites for hydroxylation is 1. The van der Waals surface area contributed by atoms with Gasteiger partial charge in [-0.3, -0.25) is 4.79 Å². The molecule has 1 atom stereocenters. The minimum atomic E-state index is -3.45. The summed E-state index contributed by atoms with van der Waals surface area (Å²) in [5.41, 5.74) is 2.60. The van der Waals surface area contributed by atoms with Crippen LogP contribution in [0, 0.1) is 6.92 Å². The highest BCUT2D eigenvalue weighted by molar-refractivity contribution is 8.00. The van der Waals surface area contributed by atoms with E-state index in [4.69, 9.17) is 0 Å². The normalized spacial score (nSPS) is 15.8. The first-order valence-corrected chi connectivity index (χ1v) is 12.6. The molecule has 1 amide bonds. The van der Waals surface area contributed by atoms with Gasteiger partial charge in [0, 0.05) is 24.2 Å². The number of benzene rings is 2. The van der Waals surface area contributed by atoms with Crippen molar-refractivity contribution in [1.82, 2.24) is 9.29 Å². The molecule has 1 saturated heterocycles. The van der Waals surface area contributed by atoms with Crippen LogP contribution < -0.4 is 5.32 Å². The summed E-state index contributed by atoms with van der Waals surface area (Å²) in [5, 5.41) is 4.41. The smallest absolute Gasteiger partial charge is 0.243 e. The first-order chi connectivity index (χ1) is 14.8. The van der Waals surface area contributed by atoms with E-state index in [2.05, 4.69) is 10.3 Å². The summed E-state index contributed by atoms with van der Waals surface area (Å²) in [7, 11) is -3.45. The maximum absolute atomic E-state index is 12.7. The number of pyridine rings is 1. The van der Waals surface area contributed by atoms with Gasteiger partial charge in [0.15, 0.2) is 0 Å². The van der Waals surface area contributed by atoms with E-state index in [0.29, 0.717) is 18.8 Å². The Bertz CT molecular complexity index is 1200. The Morgan fingerprint density at radius 1 is 1.10 bits per heavy atom. The monoisotopic (exact) mass is 455 g/mol. The lowest BCUT2D eigenvalue weighted by Gasteiger charge is -2.16. The van der Waals surface area contributed by atoms with E-state index in [1.807, 2.05) is 44.2 Å². The summed E-state index contributed by atoms with van der Waals surface area (Å²) in [5.74, 6) is -0.159. The largest absolute Gasteiger partial charge is 0.325 e. The number of rotatable bonds is 6. The van der Waals surface area contributed by atoms with Crippen LogP contribution in [0.15, 0.2) is 64.5 Å². The standard InChI is InChI=1S/C23H25N3O3S2/c1-16-15-22(25-21-8-4-3-7-20(16)21)30-17(2)23(27)24-18-9-11-19(12-10-18)31(28,29)26-13-5-6-14-26/h3-4,7-12,15,17H,5-6,13-14H2,1-2H3,(H,24,27). The lowest BCUT2D eigenvalue weighted by Crippen LogP contribution is -2.27. The number of aromatic nitrogens is 1. The second kappa shape index (κ2) is 8.98. The molecule has 0 aliphatic carbocycles. The molecule has 8 heteroatoms. The molecule has 6 nitrogen and oxygen atoms in total. The van der Waals surface area contributed by atoms with Crippen LogP contribution >= 0.6 is 11.8 Å². The number of fused-ring (bicyclic) bond motifs is 1. The van der Waals surface area contributed by atoms with Gasteiger partial charge in [0.25, 0.3) is 0 Å².